The van der Waals surface area contributed by atoms with Crippen molar-refractivity contribution >= 4 is 10.8 Å². The van der Waals surface area contributed by atoms with Gasteiger partial charge in [0.1, 0.15) is 5.82 Å². The van der Waals surface area contributed by atoms with Crippen LogP contribution in [-0.4, -0.2) is 16.0 Å². The van der Waals surface area contributed by atoms with Crippen LogP contribution < -0.4 is 5.73 Å². The second-order valence-corrected chi connectivity index (χ2v) is 4.44. The quantitative estimate of drug-likeness (QED) is 0.800. The molecule has 0 saturated carbocycles. The zero-order chi connectivity index (χ0) is 9.84. The normalized spacial score (nSPS) is 15.3. The molecule has 0 radical (unpaired) electrons. The maximum atomic E-state index is 12.7. The van der Waals surface area contributed by atoms with Crippen molar-refractivity contribution in [1.29, 1.82) is 0 Å². The largest absolute Gasteiger partial charge is 0.327 e. The van der Waals surface area contributed by atoms with Gasteiger partial charge in [-0.05, 0) is 25.1 Å². The molecule has 0 aliphatic rings. The molecule has 13 heavy (non-hydrogen) atoms. The fourth-order valence-corrected chi connectivity index (χ4v) is 2.09. The Morgan fingerprint density at radius 3 is 2.85 bits per heavy atom. The summed E-state index contributed by atoms with van der Waals surface area (Å²) in [7, 11) is -1.19. The third-order valence-corrected chi connectivity index (χ3v) is 3.08. The second-order valence-electron chi connectivity index (χ2n) is 2.95. The molecule has 1 rings (SSSR count). The summed E-state index contributed by atoms with van der Waals surface area (Å²) >= 11 is 0. The van der Waals surface area contributed by atoms with Crippen molar-refractivity contribution in [3.63, 3.8) is 0 Å². The van der Waals surface area contributed by atoms with E-state index in [0.717, 1.165) is 0 Å². The van der Waals surface area contributed by atoms with Gasteiger partial charge in [0.2, 0.25) is 0 Å². The van der Waals surface area contributed by atoms with E-state index in [-0.39, 0.29) is 11.9 Å². The van der Waals surface area contributed by atoms with Crippen LogP contribution in [0.2, 0.25) is 0 Å². The third-order valence-electron chi connectivity index (χ3n) is 1.47. The highest BCUT2D eigenvalue weighted by atomic mass is 32.2. The molecule has 0 aliphatic heterocycles. The molecular formula is C9H12FNOS. The van der Waals surface area contributed by atoms with Crippen molar-refractivity contribution in [2.75, 3.05) is 5.75 Å². The molecule has 0 heterocycles. The zero-order valence-electron chi connectivity index (χ0n) is 7.37. The van der Waals surface area contributed by atoms with E-state index < -0.39 is 10.8 Å². The first-order valence-corrected chi connectivity index (χ1v) is 5.31. The summed E-state index contributed by atoms with van der Waals surface area (Å²) in [6, 6.07) is 5.65. The molecule has 0 bridgehead atoms. The molecule has 0 fully saturated rings. The lowest BCUT2D eigenvalue weighted by Gasteiger charge is -2.04. The Hall–Kier alpha value is -0.740. The van der Waals surface area contributed by atoms with Crippen LogP contribution in [0.25, 0.3) is 0 Å². The number of hydrogen-bond donors (Lipinski definition) is 1. The average Bonchev–Trinajstić information content (AvgIpc) is 2.03. The van der Waals surface area contributed by atoms with Gasteiger partial charge in [-0.3, -0.25) is 4.21 Å². The lowest BCUT2D eigenvalue weighted by molar-refractivity contribution is 0.622. The van der Waals surface area contributed by atoms with E-state index in [1.54, 1.807) is 19.1 Å². The molecular weight excluding hydrogens is 189 g/mol. The van der Waals surface area contributed by atoms with E-state index in [9.17, 15) is 8.60 Å². The minimum atomic E-state index is -1.19. The monoisotopic (exact) mass is 201 g/mol. The number of halogens is 1. The Labute approximate surface area is 79.4 Å². The van der Waals surface area contributed by atoms with Crippen LogP contribution in [0.15, 0.2) is 29.2 Å². The van der Waals surface area contributed by atoms with Gasteiger partial charge in [-0.2, -0.15) is 0 Å². The van der Waals surface area contributed by atoms with Crippen LogP contribution in [0, 0.1) is 5.82 Å². The minimum absolute atomic E-state index is 0.135. The molecule has 72 valence electrons. The maximum absolute atomic E-state index is 12.7. The molecule has 2 atom stereocenters. The summed E-state index contributed by atoms with van der Waals surface area (Å²) in [6.45, 7) is 1.77. The van der Waals surface area contributed by atoms with Crippen LogP contribution in [-0.2, 0) is 10.8 Å². The predicted molar refractivity (Wildman–Crippen MR) is 51.3 cm³/mol. The Bertz CT molecular complexity index is 314. The average molecular weight is 201 g/mol. The van der Waals surface area contributed by atoms with Crippen molar-refractivity contribution in [2.45, 2.75) is 17.9 Å². The Morgan fingerprint density at radius 1 is 1.62 bits per heavy atom. The van der Waals surface area contributed by atoms with Gasteiger partial charge < -0.3 is 5.73 Å². The van der Waals surface area contributed by atoms with E-state index in [0.29, 0.717) is 10.6 Å². The highest BCUT2D eigenvalue weighted by molar-refractivity contribution is 7.85. The highest BCUT2D eigenvalue weighted by Gasteiger charge is 2.06. The first-order valence-electron chi connectivity index (χ1n) is 3.99. The van der Waals surface area contributed by atoms with Crippen molar-refractivity contribution in [2.24, 2.45) is 5.73 Å². The SMILES string of the molecule is CC(N)CS(=O)c1cccc(F)c1. The van der Waals surface area contributed by atoms with Gasteiger partial charge in [0.25, 0.3) is 0 Å². The molecule has 1 aromatic carbocycles. The van der Waals surface area contributed by atoms with Gasteiger partial charge in [-0.25, -0.2) is 4.39 Å². The van der Waals surface area contributed by atoms with Gasteiger partial charge in [-0.1, -0.05) is 6.07 Å². The first kappa shape index (κ1) is 10.3. The molecule has 0 aromatic heterocycles. The number of benzene rings is 1. The van der Waals surface area contributed by atoms with Gasteiger partial charge in [0.15, 0.2) is 0 Å². The fraction of sp³-hybridized carbons (Fsp3) is 0.333. The van der Waals surface area contributed by atoms with Crippen LogP contribution in [0.5, 0.6) is 0 Å². The van der Waals surface area contributed by atoms with Crippen molar-refractivity contribution in [3.8, 4) is 0 Å². The third kappa shape index (κ3) is 3.24. The summed E-state index contributed by atoms with van der Waals surface area (Å²) in [5.41, 5.74) is 5.48. The second kappa shape index (κ2) is 4.48. The maximum Gasteiger partial charge on any atom is 0.124 e. The summed E-state index contributed by atoms with van der Waals surface area (Å²) in [5.74, 6) is -0.000718. The smallest absolute Gasteiger partial charge is 0.124 e. The fourth-order valence-electron chi connectivity index (χ4n) is 0.944. The predicted octanol–water partition coefficient (Wildman–Crippen LogP) is 1.28. The summed E-state index contributed by atoms with van der Waals surface area (Å²) in [4.78, 5) is 0.498. The molecule has 1 aromatic rings. The van der Waals surface area contributed by atoms with Crippen molar-refractivity contribution < 1.29 is 8.60 Å². The zero-order valence-corrected chi connectivity index (χ0v) is 8.18. The highest BCUT2D eigenvalue weighted by Crippen LogP contribution is 2.09. The topological polar surface area (TPSA) is 43.1 Å². The van der Waals surface area contributed by atoms with Gasteiger partial charge >= 0.3 is 0 Å². The lowest BCUT2D eigenvalue weighted by atomic mass is 10.3. The molecule has 0 aliphatic carbocycles. The standard InChI is InChI=1S/C9H12FNOS/c1-7(11)6-13(12)9-4-2-3-8(10)5-9/h2-5,7H,6,11H2,1H3. The van der Waals surface area contributed by atoms with Crippen LogP contribution >= 0.6 is 0 Å². The van der Waals surface area contributed by atoms with Crippen LogP contribution in [0.1, 0.15) is 6.92 Å². The number of hydrogen-bond acceptors (Lipinski definition) is 2. The first-order chi connectivity index (χ1) is 6.09. The molecule has 0 amide bonds. The summed E-state index contributed by atoms with van der Waals surface area (Å²) < 4.78 is 24.2. The number of rotatable bonds is 3. The van der Waals surface area contributed by atoms with E-state index in [2.05, 4.69) is 0 Å². The summed E-state index contributed by atoms with van der Waals surface area (Å²) in [5, 5.41) is 0. The van der Waals surface area contributed by atoms with Gasteiger partial charge in [0.05, 0.1) is 10.8 Å². The van der Waals surface area contributed by atoms with E-state index >= 15 is 0 Å². The van der Waals surface area contributed by atoms with Crippen molar-refractivity contribution in [1.82, 2.24) is 0 Å². The van der Waals surface area contributed by atoms with Crippen LogP contribution in [0.3, 0.4) is 0 Å². The van der Waals surface area contributed by atoms with Gasteiger partial charge in [-0.15, -0.1) is 0 Å². The van der Waals surface area contributed by atoms with E-state index in [4.69, 9.17) is 5.73 Å². The Kier molecular flexibility index (Phi) is 3.57. The van der Waals surface area contributed by atoms with Gasteiger partial charge in [0, 0.05) is 16.7 Å². The molecule has 2 nitrogen and oxygen atoms in total. The Morgan fingerprint density at radius 2 is 2.31 bits per heavy atom. The molecule has 0 saturated heterocycles. The Balaban J connectivity index is 2.77. The number of nitrogens with two attached hydrogens (primary N) is 1. The minimum Gasteiger partial charge on any atom is -0.327 e. The lowest BCUT2D eigenvalue weighted by Crippen LogP contribution is -2.22. The van der Waals surface area contributed by atoms with E-state index in [1.807, 2.05) is 0 Å². The molecule has 0 spiro atoms. The molecule has 2 unspecified atom stereocenters. The van der Waals surface area contributed by atoms with E-state index in [1.165, 1.54) is 12.1 Å². The van der Waals surface area contributed by atoms with Crippen molar-refractivity contribution in [3.05, 3.63) is 30.1 Å². The van der Waals surface area contributed by atoms with Crippen LogP contribution in [0.4, 0.5) is 4.39 Å². The molecule has 2 N–H and O–H groups in total. The summed E-state index contributed by atoms with van der Waals surface area (Å²) in [6.07, 6.45) is 0. The molecule has 4 heteroatoms.